The van der Waals surface area contributed by atoms with E-state index in [1.54, 1.807) is 0 Å². The van der Waals surface area contributed by atoms with Crippen LogP contribution in [0.15, 0.2) is 23.1 Å². The SMILES string of the molecule is CCCCCSc1cccc(Cl)c1CN. The van der Waals surface area contributed by atoms with Crippen molar-refractivity contribution in [3.63, 3.8) is 0 Å². The molecule has 0 saturated heterocycles. The highest BCUT2D eigenvalue weighted by atomic mass is 35.5. The molecule has 15 heavy (non-hydrogen) atoms. The van der Waals surface area contributed by atoms with Gasteiger partial charge in [-0.25, -0.2) is 0 Å². The summed E-state index contributed by atoms with van der Waals surface area (Å²) in [5.74, 6) is 1.15. The highest BCUT2D eigenvalue weighted by molar-refractivity contribution is 7.99. The summed E-state index contributed by atoms with van der Waals surface area (Å²) in [6.07, 6.45) is 3.82. The van der Waals surface area contributed by atoms with Crippen LogP contribution in [-0.2, 0) is 6.54 Å². The number of benzene rings is 1. The molecule has 0 unspecified atom stereocenters. The molecule has 0 saturated carbocycles. The van der Waals surface area contributed by atoms with E-state index in [2.05, 4.69) is 13.0 Å². The molecule has 0 radical (unpaired) electrons. The lowest BCUT2D eigenvalue weighted by molar-refractivity contribution is 0.778. The monoisotopic (exact) mass is 243 g/mol. The van der Waals surface area contributed by atoms with Crippen LogP contribution in [0, 0.1) is 0 Å². The van der Waals surface area contributed by atoms with Gasteiger partial charge in [-0.2, -0.15) is 0 Å². The Morgan fingerprint density at radius 2 is 2.13 bits per heavy atom. The molecule has 0 aromatic heterocycles. The molecule has 1 aromatic rings. The molecule has 84 valence electrons. The van der Waals surface area contributed by atoms with Gasteiger partial charge in [0.2, 0.25) is 0 Å². The molecule has 0 aliphatic heterocycles. The first-order chi connectivity index (χ1) is 7.29. The number of halogens is 1. The average molecular weight is 244 g/mol. The molecule has 0 spiro atoms. The zero-order chi connectivity index (χ0) is 11.1. The molecule has 0 bridgehead atoms. The smallest absolute Gasteiger partial charge is 0.0462 e. The lowest BCUT2D eigenvalue weighted by Gasteiger charge is -2.08. The summed E-state index contributed by atoms with van der Waals surface area (Å²) < 4.78 is 0. The van der Waals surface area contributed by atoms with E-state index in [-0.39, 0.29) is 0 Å². The second-order valence-electron chi connectivity index (χ2n) is 3.48. The van der Waals surface area contributed by atoms with Gasteiger partial charge in [-0.3, -0.25) is 0 Å². The van der Waals surface area contributed by atoms with E-state index in [1.807, 2.05) is 23.9 Å². The van der Waals surface area contributed by atoms with Gasteiger partial charge in [-0.05, 0) is 29.9 Å². The van der Waals surface area contributed by atoms with Gasteiger partial charge in [-0.1, -0.05) is 37.4 Å². The quantitative estimate of drug-likeness (QED) is 0.602. The minimum Gasteiger partial charge on any atom is -0.326 e. The molecule has 1 rings (SSSR count). The van der Waals surface area contributed by atoms with Crippen molar-refractivity contribution in [1.29, 1.82) is 0 Å². The summed E-state index contributed by atoms with van der Waals surface area (Å²) in [7, 11) is 0. The highest BCUT2D eigenvalue weighted by Crippen LogP contribution is 2.28. The fourth-order valence-electron chi connectivity index (χ4n) is 1.41. The van der Waals surface area contributed by atoms with Crippen LogP contribution < -0.4 is 5.73 Å². The minimum atomic E-state index is 0.524. The predicted octanol–water partition coefficient (Wildman–Crippen LogP) is 4.08. The van der Waals surface area contributed by atoms with Crippen LogP contribution in [0.3, 0.4) is 0 Å². The first-order valence-corrected chi connectivity index (χ1v) is 6.76. The van der Waals surface area contributed by atoms with Crippen molar-refractivity contribution < 1.29 is 0 Å². The third kappa shape index (κ3) is 4.06. The lowest BCUT2D eigenvalue weighted by Crippen LogP contribution is -1.99. The maximum atomic E-state index is 6.08. The van der Waals surface area contributed by atoms with E-state index in [9.17, 15) is 0 Å². The number of hydrogen-bond donors (Lipinski definition) is 1. The Bertz CT molecular complexity index is 302. The fourth-order valence-corrected chi connectivity index (χ4v) is 2.82. The van der Waals surface area contributed by atoms with Crippen molar-refractivity contribution in [1.82, 2.24) is 0 Å². The highest BCUT2D eigenvalue weighted by Gasteiger charge is 2.04. The topological polar surface area (TPSA) is 26.0 Å². The third-order valence-corrected chi connectivity index (χ3v) is 3.83. The minimum absolute atomic E-state index is 0.524. The van der Waals surface area contributed by atoms with Crippen LogP contribution in [0.25, 0.3) is 0 Å². The standard InChI is InChI=1S/C12H18ClNS/c1-2-3-4-8-15-12-7-5-6-11(13)10(12)9-14/h5-7H,2-4,8-9,14H2,1H3. The number of nitrogens with two attached hydrogens (primary N) is 1. The molecule has 1 nitrogen and oxygen atoms in total. The van der Waals surface area contributed by atoms with Crippen molar-refractivity contribution in [2.45, 2.75) is 37.6 Å². The molecule has 0 amide bonds. The van der Waals surface area contributed by atoms with E-state index >= 15 is 0 Å². The van der Waals surface area contributed by atoms with Gasteiger partial charge in [0.1, 0.15) is 0 Å². The lowest BCUT2D eigenvalue weighted by atomic mass is 10.2. The zero-order valence-corrected chi connectivity index (χ0v) is 10.7. The Hall–Kier alpha value is -0.180. The first-order valence-electron chi connectivity index (χ1n) is 5.39. The normalized spacial score (nSPS) is 10.6. The predicted molar refractivity (Wildman–Crippen MR) is 69.6 cm³/mol. The van der Waals surface area contributed by atoms with Crippen LogP contribution in [0.2, 0.25) is 5.02 Å². The van der Waals surface area contributed by atoms with Crippen LogP contribution in [0.5, 0.6) is 0 Å². The average Bonchev–Trinajstić information content (AvgIpc) is 2.24. The maximum Gasteiger partial charge on any atom is 0.0462 e. The summed E-state index contributed by atoms with van der Waals surface area (Å²) in [4.78, 5) is 1.24. The Morgan fingerprint density at radius 1 is 1.33 bits per heavy atom. The summed E-state index contributed by atoms with van der Waals surface area (Å²) in [6.45, 7) is 2.74. The van der Waals surface area contributed by atoms with Crippen molar-refractivity contribution >= 4 is 23.4 Å². The van der Waals surface area contributed by atoms with Gasteiger partial charge in [0.25, 0.3) is 0 Å². The molecule has 3 heteroatoms. The Labute approximate surface area is 101 Å². The molecular weight excluding hydrogens is 226 g/mol. The molecule has 0 fully saturated rings. The Morgan fingerprint density at radius 3 is 2.80 bits per heavy atom. The van der Waals surface area contributed by atoms with E-state index in [0.29, 0.717) is 6.54 Å². The Kier molecular flexibility index (Phi) is 6.15. The van der Waals surface area contributed by atoms with Crippen molar-refractivity contribution in [3.8, 4) is 0 Å². The van der Waals surface area contributed by atoms with Crippen molar-refractivity contribution in [3.05, 3.63) is 28.8 Å². The molecule has 0 aliphatic rings. The molecule has 0 aliphatic carbocycles. The van der Waals surface area contributed by atoms with Gasteiger partial charge in [0.15, 0.2) is 0 Å². The summed E-state index contributed by atoms with van der Waals surface area (Å²) in [5.41, 5.74) is 6.77. The maximum absolute atomic E-state index is 6.08. The van der Waals surface area contributed by atoms with E-state index < -0.39 is 0 Å². The second-order valence-corrected chi connectivity index (χ2v) is 5.02. The number of hydrogen-bond acceptors (Lipinski definition) is 2. The van der Waals surface area contributed by atoms with Crippen molar-refractivity contribution in [2.75, 3.05) is 5.75 Å². The van der Waals surface area contributed by atoms with Crippen molar-refractivity contribution in [2.24, 2.45) is 5.73 Å². The van der Waals surface area contributed by atoms with E-state index in [0.717, 1.165) is 16.3 Å². The second kappa shape index (κ2) is 7.15. The zero-order valence-electron chi connectivity index (χ0n) is 9.13. The summed E-state index contributed by atoms with van der Waals surface area (Å²) in [5, 5.41) is 0.790. The number of unbranched alkanes of at least 4 members (excludes halogenated alkanes) is 2. The van der Waals surface area contributed by atoms with Gasteiger partial charge in [-0.15, -0.1) is 11.8 Å². The summed E-state index contributed by atoms with van der Waals surface area (Å²) in [6, 6.07) is 5.99. The fraction of sp³-hybridized carbons (Fsp3) is 0.500. The molecule has 0 heterocycles. The molecular formula is C12H18ClNS. The first kappa shape index (κ1) is 12.9. The molecule has 2 N–H and O–H groups in total. The van der Waals surface area contributed by atoms with Crippen LogP contribution in [-0.4, -0.2) is 5.75 Å². The number of rotatable bonds is 6. The van der Waals surface area contributed by atoms with Gasteiger partial charge < -0.3 is 5.73 Å². The van der Waals surface area contributed by atoms with Gasteiger partial charge >= 0.3 is 0 Å². The number of thioether (sulfide) groups is 1. The van der Waals surface area contributed by atoms with Crippen LogP contribution >= 0.6 is 23.4 Å². The van der Waals surface area contributed by atoms with Crippen LogP contribution in [0.1, 0.15) is 31.7 Å². The van der Waals surface area contributed by atoms with Gasteiger partial charge in [0.05, 0.1) is 0 Å². The van der Waals surface area contributed by atoms with E-state index in [4.69, 9.17) is 17.3 Å². The largest absolute Gasteiger partial charge is 0.326 e. The molecule has 0 atom stereocenters. The Balaban J connectivity index is 2.56. The summed E-state index contributed by atoms with van der Waals surface area (Å²) >= 11 is 7.94. The van der Waals surface area contributed by atoms with Crippen LogP contribution in [0.4, 0.5) is 0 Å². The van der Waals surface area contributed by atoms with Gasteiger partial charge in [0, 0.05) is 16.5 Å². The molecule has 1 aromatic carbocycles. The van der Waals surface area contributed by atoms with E-state index in [1.165, 1.54) is 24.2 Å². The third-order valence-electron chi connectivity index (χ3n) is 2.29.